The summed E-state index contributed by atoms with van der Waals surface area (Å²) in [6.07, 6.45) is 18.6. The minimum atomic E-state index is 0.0589. The Balaban J connectivity index is 2.03. The monoisotopic (exact) mass is 257 g/mol. The number of aryl methyl sites for hydroxylation is 2. The molecule has 19 heavy (non-hydrogen) atoms. The van der Waals surface area contributed by atoms with Crippen molar-refractivity contribution in [2.24, 2.45) is 14.1 Å². The number of rotatable bonds is 3. The van der Waals surface area contributed by atoms with Gasteiger partial charge in [0.1, 0.15) is 19.4 Å². The lowest BCUT2D eigenvalue weighted by Crippen LogP contribution is -2.77. The second-order valence-corrected chi connectivity index (χ2v) is 4.93. The van der Waals surface area contributed by atoms with E-state index in [1.165, 1.54) is 0 Å². The van der Waals surface area contributed by atoms with Gasteiger partial charge in [-0.15, -0.1) is 0 Å². The SMILES string of the molecule is Cn1cc[n+]([B-]([N+]2C=C[N+](C)=C2)[n+]2ccn(C)c2)c1. The first kappa shape index (κ1) is 11.9. The maximum Gasteiger partial charge on any atom is 0.676 e. The van der Waals surface area contributed by atoms with Crippen LogP contribution in [-0.2, 0) is 14.1 Å². The Morgan fingerprint density at radius 3 is 1.84 bits per heavy atom. The fourth-order valence-corrected chi connectivity index (χ4v) is 2.28. The smallest absolute Gasteiger partial charge is 0.349 e. The average Bonchev–Trinajstić information content (AvgIpc) is 3.05. The number of hydrogen-bond donors (Lipinski definition) is 0. The normalized spacial score (nSPS) is 15.5. The second kappa shape index (κ2) is 4.51. The molecule has 1 aliphatic rings. The van der Waals surface area contributed by atoms with Crippen LogP contribution in [0.15, 0.2) is 49.8 Å². The molecule has 0 atom stereocenters. The van der Waals surface area contributed by atoms with Crippen LogP contribution >= 0.6 is 0 Å². The molecule has 0 amide bonds. The van der Waals surface area contributed by atoms with Crippen LogP contribution in [0.25, 0.3) is 0 Å². The first-order valence-electron chi connectivity index (χ1n) is 6.21. The minimum absolute atomic E-state index is 0.0589. The summed E-state index contributed by atoms with van der Waals surface area (Å²) in [5.74, 6) is 0. The van der Waals surface area contributed by atoms with Gasteiger partial charge in [0.15, 0.2) is 6.20 Å². The van der Waals surface area contributed by atoms with Crippen molar-refractivity contribution in [1.82, 2.24) is 13.9 Å². The molecular weight excluding hydrogens is 239 g/mol. The second-order valence-electron chi connectivity index (χ2n) is 4.93. The minimum Gasteiger partial charge on any atom is -0.349 e. The Bertz CT molecular complexity index is 612. The summed E-state index contributed by atoms with van der Waals surface area (Å²) in [7, 11) is 6.14. The van der Waals surface area contributed by atoms with Crippen molar-refractivity contribution < 1.29 is 13.5 Å². The maximum absolute atomic E-state index is 2.17. The van der Waals surface area contributed by atoms with E-state index >= 15 is 0 Å². The lowest BCUT2D eigenvalue weighted by Gasteiger charge is -2.12. The summed E-state index contributed by atoms with van der Waals surface area (Å²) in [4.78, 5) is 2.17. The first-order valence-corrected chi connectivity index (χ1v) is 6.21. The van der Waals surface area contributed by atoms with Crippen LogP contribution in [0.1, 0.15) is 0 Å². The number of imidazole rings is 2. The highest BCUT2D eigenvalue weighted by Gasteiger charge is 2.40. The number of nitrogens with zero attached hydrogens (tertiary/aromatic N) is 6. The molecule has 6 nitrogen and oxygen atoms in total. The quantitative estimate of drug-likeness (QED) is 0.478. The molecule has 0 N–H and O–H groups in total. The molecular formula is C12H18BN6+3. The van der Waals surface area contributed by atoms with Gasteiger partial charge in [-0.05, 0) is 0 Å². The molecule has 0 unspecified atom stereocenters. The molecule has 0 aliphatic carbocycles. The molecule has 3 heterocycles. The Morgan fingerprint density at radius 1 is 0.895 bits per heavy atom. The van der Waals surface area contributed by atoms with Gasteiger partial charge in [0.25, 0.3) is 0 Å². The Hall–Kier alpha value is -2.15. The number of aromatic nitrogens is 4. The van der Waals surface area contributed by atoms with Gasteiger partial charge >= 0.3 is 13.5 Å². The molecule has 2 radical (unpaired) electrons. The third-order valence-electron chi connectivity index (χ3n) is 3.17. The molecule has 96 valence electrons. The summed E-state index contributed by atoms with van der Waals surface area (Å²) in [5.41, 5.74) is 0. The van der Waals surface area contributed by atoms with Gasteiger partial charge < -0.3 is 8.96 Å². The molecule has 0 spiro atoms. The van der Waals surface area contributed by atoms with Gasteiger partial charge in [0, 0.05) is 0 Å². The molecule has 3 rings (SSSR count). The highest BCUT2D eigenvalue weighted by molar-refractivity contribution is 6.41. The summed E-state index contributed by atoms with van der Waals surface area (Å²) < 4.78 is 10.5. The topological polar surface area (TPSA) is 26.5 Å². The molecule has 1 aliphatic heterocycles. The van der Waals surface area contributed by atoms with E-state index in [4.69, 9.17) is 0 Å². The fourth-order valence-electron chi connectivity index (χ4n) is 2.28. The average molecular weight is 257 g/mol. The highest BCUT2D eigenvalue weighted by Crippen LogP contribution is 1.93. The van der Waals surface area contributed by atoms with Crippen LogP contribution in [-0.4, -0.2) is 34.2 Å². The molecule has 0 bridgehead atoms. The molecule has 0 saturated carbocycles. The zero-order valence-electron chi connectivity index (χ0n) is 11.5. The first-order chi connectivity index (χ1) is 9.13. The van der Waals surface area contributed by atoms with E-state index in [1.807, 2.05) is 53.4 Å². The van der Waals surface area contributed by atoms with Crippen molar-refractivity contribution in [1.29, 1.82) is 0 Å². The predicted octanol–water partition coefficient (Wildman–Crippen LogP) is -1.38. The standard InChI is InChI=1S/C12H18BN6/c1-14-4-7-17(10-14)13(18-8-5-15(2)11-18)19-9-6-16(3)12-19/h4-12H,1-3H3/q+3. The fraction of sp³-hybridized carbons (Fsp3) is 0.250. The molecule has 0 aromatic carbocycles. The zero-order valence-corrected chi connectivity index (χ0v) is 11.5. The Labute approximate surface area is 112 Å². The van der Waals surface area contributed by atoms with Gasteiger partial charge in [-0.25, -0.2) is 9.13 Å². The highest BCUT2D eigenvalue weighted by atomic mass is 15.3. The van der Waals surface area contributed by atoms with Gasteiger partial charge in [0.2, 0.25) is 18.9 Å². The van der Waals surface area contributed by atoms with Crippen molar-refractivity contribution in [3.63, 3.8) is 0 Å². The summed E-state index contributed by atoms with van der Waals surface area (Å²) in [6, 6.07) is 0. The molecule has 7 heteroatoms. The summed E-state index contributed by atoms with van der Waals surface area (Å²) in [5, 5.41) is 0. The van der Waals surface area contributed by atoms with Crippen LogP contribution in [0.4, 0.5) is 0 Å². The predicted molar refractivity (Wildman–Crippen MR) is 71.3 cm³/mol. The largest absolute Gasteiger partial charge is 0.676 e. The van der Waals surface area contributed by atoms with E-state index in [0.29, 0.717) is 0 Å². The number of hydrogen-bond acceptors (Lipinski definition) is 1. The van der Waals surface area contributed by atoms with E-state index in [1.54, 1.807) is 0 Å². The van der Waals surface area contributed by atoms with Crippen molar-refractivity contribution in [2.45, 2.75) is 0 Å². The van der Waals surface area contributed by atoms with Crippen LogP contribution in [0, 0.1) is 0 Å². The Kier molecular flexibility index (Phi) is 2.83. The van der Waals surface area contributed by atoms with E-state index in [-0.39, 0.29) is 7.12 Å². The van der Waals surface area contributed by atoms with Gasteiger partial charge in [-0.2, -0.15) is 9.39 Å². The van der Waals surface area contributed by atoms with Crippen LogP contribution < -0.4 is 13.8 Å². The summed E-state index contributed by atoms with van der Waals surface area (Å²) >= 11 is 0. The van der Waals surface area contributed by atoms with Crippen molar-refractivity contribution in [3.05, 3.63) is 49.8 Å². The molecule has 0 fully saturated rings. The van der Waals surface area contributed by atoms with Crippen LogP contribution in [0.2, 0.25) is 0 Å². The van der Waals surface area contributed by atoms with Gasteiger partial charge in [0.05, 0.1) is 26.5 Å². The van der Waals surface area contributed by atoms with Crippen molar-refractivity contribution >= 4 is 13.5 Å². The molecule has 0 saturated heterocycles. The van der Waals surface area contributed by atoms with E-state index < -0.39 is 0 Å². The van der Waals surface area contributed by atoms with Crippen molar-refractivity contribution in [2.75, 3.05) is 7.05 Å². The summed E-state index contributed by atoms with van der Waals surface area (Å²) in [6.45, 7) is 0. The van der Waals surface area contributed by atoms with E-state index in [2.05, 4.69) is 51.4 Å². The maximum atomic E-state index is 2.17. The van der Waals surface area contributed by atoms with Gasteiger partial charge in [-0.1, -0.05) is 0 Å². The lowest BCUT2D eigenvalue weighted by atomic mass is 9.90. The molecule has 2 aromatic heterocycles. The van der Waals surface area contributed by atoms with Crippen molar-refractivity contribution in [3.8, 4) is 0 Å². The van der Waals surface area contributed by atoms with Crippen LogP contribution in [0.5, 0.6) is 0 Å². The third-order valence-corrected chi connectivity index (χ3v) is 3.17. The Morgan fingerprint density at radius 2 is 1.47 bits per heavy atom. The van der Waals surface area contributed by atoms with Crippen LogP contribution in [0.3, 0.4) is 0 Å². The zero-order chi connectivity index (χ0) is 13.4. The third kappa shape index (κ3) is 2.24. The van der Waals surface area contributed by atoms with E-state index in [0.717, 1.165) is 0 Å². The van der Waals surface area contributed by atoms with Gasteiger partial charge in [-0.3, -0.25) is 0 Å². The lowest BCUT2D eigenvalue weighted by molar-refractivity contribution is -0.678. The van der Waals surface area contributed by atoms with E-state index in [9.17, 15) is 0 Å². The molecule has 2 aromatic rings.